The number of anilines is 2. The molecule has 6 heteroatoms. The van der Waals surface area contributed by atoms with E-state index in [9.17, 15) is 4.79 Å². The molecule has 1 amide bonds. The fraction of sp³-hybridized carbons (Fsp3) is 0.345. The number of hydrazine groups is 1. The minimum atomic E-state index is -0.175. The third kappa shape index (κ3) is 6.06. The van der Waals surface area contributed by atoms with Gasteiger partial charge in [-0.05, 0) is 72.2 Å². The number of hydrogen-bond acceptors (Lipinski definition) is 4. The number of amides is 1. The van der Waals surface area contributed by atoms with Crippen LogP contribution in [0, 0.1) is 5.92 Å². The summed E-state index contributed by atoms with van der Waals surface area (Å²) in [7, 11) is 1.81. The Bertz CT molecular complexity index is 1160. The Morgan fingerprint density at radius 3 is 2.57 bits per heavy atom. The highest BCUT2D eigenvalue weighted by atomic mass is 79.9. The van der Waals surface area contributed by atoms with Crippen molar-refractivity contribution >= 4 is 33.2 Å². The summed E-state index contributed by atoms with van der Waals surface area (Å²) >= 11 is 3.61. The molecule has 4 rings (SSSR count). The lowest BCUT2D eigenvalue weighted by atomic mass is 9.82. The highest BCUT2D eigenvalue weighted by molar-refractivity contribution is 9.10. The van der Waals surface area contributed by atoms with Crippen molar-refractivity contribution in [1.29, 1.82) is 0 Å². The van der Waals surface area contributed by atoms with Crippen LogP contribution >= 0.6 is 15.9 Å². The third-order valence-corrected chi connectivity index (χ3v) is 6.90. The van der Waals surface area contributed by atoms with Gasteiger partial charge >= 0.3 is 0 Å². The molecular weight excluding hydrogens is 502 g/mol. The lowest BCUT2D eigenvalue weighted by Crippen LogP contribution is -2.36. The zero-order chi connectivity index (χ0) is 24.9. The van der Waals surface area contributed by atoms with Gasteiger partial charge in [0.1, 0.15) is 5.75 Å². The van der Waals surface area contributed by atoms with Gasteiger partial charge in [0.15, 0.2) is 0 Å². The standard InChI is InChI=1S/C29H34BrN3O2/c1-20(2)19-35-28-16-13-23(30)17-27(28)33(18-21-11-14-24(15-12-21)32(3)31)29(34)26-10-6-8-22-7-4-5-9-25(22)26/h4-5,7,9,11-17,20,26H,6,8,10,18-19,31H2,1-3H3. The number of hydrogen-bond donors (Lipinski definition) is 1. The maximum Gasteiger partial charge on any atom is 0.234 e. The first-order valence-electron chi connectivity index (χ1n) is 12.2. The molecule has 5 nitrogen and oxygen atoms in total. The quantitative estimate of drug-likeness (QED) is 0.266. The summed E-state index contributed by atoms with van der Waals surface area (Å²) in [4.78, 5) is 16.2. The van der Waals surface area contributed by atoms with Gasteiger partial charge in [0.25, 0.3) is 0 Å². The summed E-state index contributed by atoms with van der Waals surface area (Å²) in [6.07, 6.45) is 2.88. The van der Waals surface area contributed by atoms with Crippen molar-refractivity contribution in [1.82, 2.24) is 0 Å². The summed E-state index contributed by atoms with van der Waals surface area (Å²) in [5.74, 6) is 6.91. The van der Waals surface area contributed by atoms with Gasteiger partial charge in [0.2, 0.25) is 5.91 Å². The van der Waals surface area contributed by atoms with Gasteiger partial charge in [-0.3, -0.25) is 4.79 Å². The molecule has 35 heavy (non-hydrogen) atoms. The number of ether oxygens (including phenoxy) is 1. The number of halogens is 1. The smallest absolute Gasteiger partial charge is 0.234 e. The number of carbonyl (C=O) groups is 1. The van der Waals surface area contributed by atoms with Crippen LogP contribution in [-0.2, 0) is 17.8 Å². The Morgan fingerprint density at radius 2 is 1.86 bits per heavy atom. The Balaban J connectivity index is 1.75. The molecule has 3 aromatic rings. The fourth-order valence-corrected chi connectivity index (χ4v) is 4.93. The maximum absolute atomic E-state index is 14.3. The number of carbonyl (C=O) groups excluding carboxylic acids is 1. The molecule has 0 fully saturated rings. The number of fused-ring (bicyclic) bond motifs is 1. The Labute approximate surface area is 217 Å². The lowest BCUT2D eigenvalue weighted by Gasteiger charge is -2.32. The van der Waals surface area contributed by atoms with Crippen LogP contribution in [0.3, 0.4) is 0 Å². The highest BCUT2D eigenvalue weighted by Gasteiger charge is 2.32. The summed E-state index contributed by atoms with van der Waals surface area (Å²) in [5.41, 5.74) is 5.15. The van der Waals surface area contributed by atoms with Gasteiger partial charge in [-0.2, -0.15) is 0 Å². The second kappa shape index (κ2) is 11.3. The van der Waals surface area contributed by atoms with E-state index in [4.69, 9.17) is 10.6 Å². The molecule has 0 spiro atoms. The summed E-state index contributed by atoms with van der Waals surface area (Å²) in [5, 5.41) is 1.58. The first kappa shape index (κ1) is 25.3. The van der Waals surface area contributed by atoms with Crippen LogP contribution in [0.15, 0.2) is 71.2 Å². The minimum absolute atomic E-state index is 0.102. The summed E-state index contributed by atoms with van der Waals surface area (Å²) in [6, 6.07) is 22.3. The zero-order valence-electron chi connectivity index (χ0n) is 20.7. The predicted molar refractivity (Wildman–Crippen MR) is 147 cm³/mol. The first-order chi connectivity index (χ1) is 16.8. The van der Waals surface area contributed by atoms with E-state index in [1.807, 2.05) is 60.5 Å². The van der Waals surface area contributed by atoms with Crippen molar-refractivity contribution in [2.24, 2.45) is 11.8 Å². The van der Waals surface area contributed by atoms with Crippen molar-refractivity contribution in [2.75, 3.05) is 23.6 Å². The summed E-state index contributed by atoms with van der Waals surface area (Å²) < 4.78 is 7.10. The van der Waals surface area contributed by atoms with E-state index in [0.717, 1.165) is 52.0 Å². The number of aryl methyl sites for hydroxylation is 1. The van der Waals surface area contributed by atoms with Gasteiger partial charge < -0.3 is 14.6 Å². The topological polar surface area (TPSA) is 58.8 Å². The normalized spacial score (nSPS) is 15.0. The predicted octanol–water partition coefficient (Wildman–Crippen LogP) is 6.45. The van der Waals surface area contributed by atoms with Gasteiger partial charge in [-0.1, -0.05) is 66.2 Å². The van der Waals surface area contributed by atoms with Crippen LogP contribution in [0.4, 0.5) is 11.4 Å². The first-order valence-corrected chi connectivity index (χ1v) is 13.0. The van der Waals surface area contributed by atoms with Crippen molar-refractivity contribution in [3.05, 3.63) is 87.9 Å². The van der Waals surface area contributed by atoms with Crippen molar-refractivity contribution in [2.45, 2.75) is 45.6 Å². The molecule has 0 saturated carbocycles. The largest absolute Gasteiger partial charge is 0.491 e. The molecule has 184 valence electrons. The molecule has 0 heterocycles. The number of nitrogens with two attached hydrogens (primary N) is 1. The van der Waals surface area contributed by atoms with Crippen LogP contribution in [0.5, 0.6) is 5.75 Å². The number of benzene rings is 3. The summed E-state index contributed by atoms with van der Waals surface area (Å²) in [6.45, 7) is 5.27. The van der Waals surface area contributed by atoms with Crippen molar-refractivity contribution in [3.8, 4) is 5.75 Å². The Morgan fingerprint density at radius 1 is 1.11 bits per heavy atom. The van der Waals surface area contributed by atoms with E-state index < -0.39 is 0 Å². The van der Waals surface area contributed by atoms with E-state index in [0.29, 0.717) is 19.1 Å². The van der Waals surface area contributed by atoms with Crippen molar-refractivity contribution in [3.63, 3.8) is 0 Å². The molecule has 0 saturated heterocycles. The van der Waals surface area contributed by atoms with E-state index in [2.05, 4.69) is 48.0 Å². The van der Waals surface area contributed by atoms with Crippen LogP contribution < -0.4 is 20.5 Å². The molecule has 0 bridgehead atoms. The van der Waals surface area contributed by atoms with Gasteiger partial charge in [0.05, 0.1) is 30.4 Å². The maximum atomic E-state index is 14.3. The molecule has 0 radical (unpaired) electrons. The molecule has 1 unspecified atom stereocenters. The average molecular weight is 537 g/mol. The van der Waals surface area contributed by atoms with E-state index >= 15 is 0 Å². The Hall–Kier alpha value is -2.83. The second-order valence-electron chi connectivity index (χ2n) is 9.66. The van der Waals surface area contributed by atoms with E-state index in [1.165, 1.54) is 5.56 Å². The SMILES string of the molecule is CC(C)COc1ccc(Br)cc1N(Cc1ccc(N(C)N)cc1)C(=O)C1CCCc2ccccc21. The van der Waals surface area contributed by atoms with Gasteiger partial charge in [-0.25, -0.2) is 5.84 Å². The van der Waals surface area contributed by atoms with E-state index in [1.54, 1.807) is 5.01 Å². The van der Waals surface area contributed by atoms with Gasteiger partial charge in [0, 0.05) is 11.5 Å². The molecule has 1 atom stereocenters. The third-order valence-electron chi connectivity index (χ3n) is 6.40. The van der Waals surface area contributed by atoms with E-state index in [-0.39, 0.29) is 11.8 Å². The van der Waals surface area contributed by atoms with Crippen molar-refractivity contribution < 1.29 is 9.53 Å². The lowest BCUT2D eigenvalue weighted by molar-refractivity contribution is -0.120. The number of rotatable bonds is 8. The molecule has 2 N–H and O–H groups in total. The average Bonchev–Trinajstić information content (AvgIpc) is 2.86. The molecule has 0 aromatic heterocycles. The Kier molecular flexibility index (Phi) is 8.14. The fourth-order valence-electron chi connectivity index (χ4n) is 4.58. The molecule has 1 aliphatic rings. The van der Waals surface area contributed by atoms with Crippen LogP contribution in [0.2, 0.25) is 0 Å². The molecule has 0 aliphatic heterocycles. The molecule has 3 aromatic carbocycles. The minimum Gasteiger partial charge on any atom is -0.491 e. The van der Waals surface area contributed by atoms with Crippen LogP contribution in [0.1, 0.15) is 49.3 Å². The molecule has 1 aliphatic carbocycles. The monoisotopic (exact) mass is 535 g/mol. The molecular formula is C29H34BrN3O2. The highest BCUT2D eigenvalue weighted by Crippen LogP contribution is 2.38. The van der Waals surface area contributed by atoms with Gasteiger partial charge in [-0.15, -0.1) is 0 Å². The zero-order valence-corrected chi connectivity index (χ0v) is 22.3. The second-order valence-corrected chi connectivity index (χ2v) is 10.6. The van der Waals surface area contributed by atoms with Crippen LogP contribution in [-0.4, -0.2) is 19.6 Å². The number of nitrogens with zero attached hydrogens (tertiary/aromatic N) is 2. The van der Waals surface area contributed by atoms with Crippen LogP contribution in [0.25, 0.3) is 0 Å².